The van der Waals surface area contributed by atoms with E-state index in [9.17, 15) is 4.79 Å². The molecule has 0 aliphatic carbocycles. The van der Waals surface area contributed by atoms with Crippen LogP contribution in [-0.2, 0) is 16.1 Å². The molecule has 100 valence electrons. The Kier molecular flexibility index (Phi) is 4.33. The van der Waals surface area contributed by atoms with E-state index < -0.39 is 0 Å². The van der Waals surface area contributed by atoms with Gasteiger partial charge in [-0.3, -0.25) is 9.69 Å². The first kappa shape index (κ1) is 13.0. The standard InChI is InChI=1S/C12H19N3O3/c1-3-17-12(16)11-7-13-4-5-15(11)8-10-6-9(2)14-18-10/h6,11,13H,3-5,7-8H2,1-2H3. The molecule has 0 amide bonds. The van der Waals surface area contributed by atoms with Gasteiger partial charge in [-0.25, -0.2) is 0 Å². The van der Waals surface area contributed by atoms with Gasteiger partial charge >= 0.3 is 5.97 Å². The molecule has 1 aromatic heterocycles. The first-order chi connectivity index (χ1) is 8.70. The van der Waals surface area contributed by atoms with Crippen molar-refractivity contribution in [2.45, 2.75) is 26.4 Å². The van der Waals surface area contributed by atoms with Gasteiger partial charge in [0.2, 0.25) is 0 Å². The minimum atomic E-state index is -0.246. The van der Waals surface area contributed by atoms with Gasteiger partial charge in [0.25, 0.3) is 0 Å². The molecule has 0 saturated carbocycles. The quantitative estimate of drug-likeness (QED) is 0.779. The highest BCUT2D eigenvalue weighted by Crippen LogP contribution is 2.12. The lowest BCUT2D eigenvalue weighted by atomic mass is 10.2. The molecule has 0 radical (unpaired) electrons. The van der Waals surface area contributed by atoms with Gasteiger partial charge in [0.05, 0.1) is 18.8 Å². The van der Waals surface area contributed by atoms with E-state index in [0.29, 0.717) is 19.7 Å². The Morgan fingerprint density at radius 2 is 2.56 bits per heavy atom. The lowest BCUT2D eigenvalue weighted by Gasteiger charge is -2.33. The zero-order valence-electron chi connectivity index (χ0n) is 10.8. The average Bonchev–Trinajstić information content (AvgIpc) is 2.76. The Morgan fingerprint density at radius 1 is 1.72 bits per heavy atom. The number of nitrogens with zero attached hydrogens (tertiary/aromatic N) is 2. The van der Waals surface area contributed by atoms with Crippen LogP contribution in [0.4, 0.5) is 0 Å². The van der Waals surface area contributed by atoms with Crippen molar-refractivity contribution >= 4 is 5.97 Å². The molecular weight excluding hydrogens is 234 g/mol. The van der Waals surface area contributed by atoms with Crippen LogP contribution in [0.15, 0.2) is 10.6 Å². The van der Waals surface area contributed by atoms with Crippen LogP contribution in [0.3, 0.4) is 0 Å². The Labute approximate surface area is 106 Å². The van der Waals surface area contributed by atoms with Gasteiger partial charge in [-0.2, -0.15) is 0 Å². The van der Waals surface area contributed by atoms with Crippen molar-refractivity contribution in [3.8, 4) is 0 Å². The molecule has 1 fully saturated rings. The smallest absolute Gasteiger partial charge is 0.324 e. The summed E-state index contributed by atoms with van der Waals surface area (Å²) in [5.74, 6) is 0.602. The maximum atomic E-state index is 11.9. The number of piperazine rings is 1. The van der Waals surface area contributed by atoms with E-state index in [1.165, 1.54) is 0 Å². The van der Waals surface area contributed by atoms with Crippen molar-refractivity contribution in [1.82, 2.24) is 15.4 Å². The third-order valence-corrected chi connectivity index (χ3v) is 2.95. The number of aromatic nitrogens is 1. The zero-order chi connectivity index (χ0) is 13.0. The molecule has 18 heavy (non-hydrogen) atoms. The van der Waals surface area contributed by atoms with Gasteiger partial charge in [-0.15, -0.1) is 0 Å². The van der Waals surface area contributed by atoms with Crippen LogP contribution in [0.25, 0.3) is 0 Å². The number of nitrogens with one attached hydrogen (secondary N) is 1. The molecule has 2 rings (SSSR count). The highest BCUT2D eigenvalue weighted by Gasteiger charge is 2.30. The summed E-state index contributed by atoms with van der Waals surface area (Å²) in [6, 6.07) is 1.65. The lowest BCUT2D eigenvalue weighted by molar-refractivity contribution is -0.150. The van der Waals surface area contributed by atoms with Crippen molar-refractivity contribution < 1.29 is 14.1 Å². The van der Waals surface area contributed by atoms with Crippen LogP contribution in [-0.4, -0.2) is 48.3 Å². The second-order valence-corrected chi connectivity index (χ2v) is 4.38. The lowest BCUT2D eigenvalue weighted by Crippen LogP contribution is -2.54. The van der Waals surface area contributed by atoms with Crippen LogP contribution in [0, 0.1) is 6.92 Å². The van der Waals surface area contributed by atoms with Crippen molar-refractivity contribution in [3.63, 3.8) is 0 Å². The van der Waals surface area contributed by atoms with E-state index in [1.807, 2.05) is 19.9 Å². The summed E-state index contributed by atoms with van der Waals surface area (Å²) in [5, 5.41) is 7.06. The number of hydrogen-bond donors (Lipinski definition) is 1. The largest absolute Gasteiger partial charge is 0.465 e. The third-order valence-electron chi connectivity index (χ3n) is 2.95. The van der Waals surface area contributed by atoms with E-state index >= 15 is 0 Å². The minimum absolute atomic E-state index is 0.180. The second kappa shape index (κ2) is 5.97. The summed E-state index contributed by atoms with van der Waals surface area (Å²) in [5.41, 5.74) is 0.854. The SMILES string of the molecule is CCOC(=O)C1CNCCN1Cc1cc(C)no1. The zero-order valence-corrected chi connectivity index (χ0v) is 10.8. The molecule has 0 spiro atoms. The molecule has 0 bridgehead atoms. The molecule has 1 saturated heterocycles. The number of carbonyl (C=O) groups excluding carboxylic acids is 1. The van der Waals surface area contributed by atoms with E-state index in [-0.39, 0.29) is 12.0 Å². The van der Waals surface area contributed by atoms with Crippen molar-refractivity contribution in [3.05, 3.63) is 17.5 Å². The first-order valence-electron chi connectivity index (χ1n) is 6.24. The highest BCUT2D eigenvalue weighted by atomic mass is 16.5. The summed E-state index contributed by atoms with van der Waals surface area (Å²) >= 11 is 0. The summed E-state index contributed by atoms with van der Waals surface area (Å²) in [6.45, 7) is 6.97. The van der Waals surface area contributed by atoms with Gasteiger partial charge in [0.1, 0.15) is 6.04 Å². The maximum absolute atomic E-state index is 11.9. The van der Waals surface area contributed by atoms with Crippen LogP contribution < -0.4 is 5.32 Å². The number of rotatable bonds is 4. The molecular formula is C12H19N3O3. The number of ether oxygens (including phenoxy) is 1. The summed E-state index contributed by atoms with van der Waals surface area (Å²) in [7, 11) is 0. The van der Waals surface area contributed by atoms with E-state index in [0.717, 1.165) is 24.5 Å². The molecule has 1 unspecified atom stereocenters. The molecule has 6 nitrogen and oxygen atoms in total. The van der Waals surface area contributed by atoms with Crippen LogP contribution >= 0.6 is 0 Å². The minimum Gasteiger partial charge on any atom is -0.465 e. The van der Waals surface area contributed by atoms with Gasteiger partial charge in [0, 0.05) is 25.7 Å². The molecule has 1 aliphatic heterocycles. The van der Waals surface area contributed by atoms with E-state index in [1.54, 1.807) is 0 Å². The normalized spacial score (nSPS) is 20.9. The molecule has 1 aliphatic rings. The molecule has 6 heteroatoms. The topological polar surface area (TPSA) is 67.6 Å². The predicted molar refractivity (Wildman–Crippen MR) is 64.9 cm³/mol. The Morgan fingerprint density at radius 3 is 3.22 bits per heavy atom. The Bertz CT molecular complexity index is 405. The first-order valence-corrected chi connectivity index (χ1v) is 6.24. The summed E-state index contributed by atoms with van der Waals surface area (Å²) in [6.07, 6.45) is 0. The fourth-order valence-corrected chi connectivity index (χ4v) is 2.10. The molecule has 1 aromatic rings. The third kappa shape index (κ3) is 3.08. The van der Waals surface area contributed by atoms with Gasteiger partial charge in [0.15, 0.2) is 5.76 Å². The molecule has 1 N–H and O–H groups in total. The van der Waals surface area contributed by atoms with Crippen molar-refractivity contribution in [1.29, 1.82) is 0 Å². The van der Waals surface area contributed by atoms with Crippen LogP contribution in [0.1, 0.15) is 18.4 Å². The fraction of sp³-hybridized carbons (Fsp3) is 0.667. The summed E-state index contributed by atoms with van der Waals surface area (Å²) < 4.78 is 10.3. The predicted octanol–water partition coefficient (Wildman–Crippen LogP) is 0.320. The molecule has 2 heterocycles. The number of esters is 1. The summed E-state index contributed by atoms with van der Waals surface area (Å²) in [4.78, 5) is 13.9. The highest BCUT2D eigenvalue weighted by molar-refractivity contribution is 5.76. The van der Waals surface area contributed by atoms with E-state index in [2.05, 4.69) is 15.4 Å². The monoisotopic (exact) mass is 253 g/mol. The number of aryl methyl sites for hydroxylation is 1. The van der Waals surface area contributed by atoms with Crippen molar-refractivity contribution in [2.24, 2.45) is 0 Å². The fourth-order valence-electron chi connectivity index (χ4n) is 2.10. The molecule has 1 atom stereocenters. The van der Waals surface area contributed by atoms with Crippen LogP contribution in [0.2, 0.25) is 0 Å². The number of carbonyl (C=O) groups is 1. The van der Waals surface area contributed by atoms with E-state index in [4.69, 9.17) is 9.26 Å². The number of hydrogen-bond acceptors (Lipinski definition) is 6. The Hall–Kier alpha value is -1.40. The maximum Gasteiger partial charge on any atom is 0.324 e. The molecule has 0 aromatic carbocycles. The van der Waals surface area contributed by atoms with Crippen LogP contribution in [0.5, 0.6) is 0 Å². The average molecular weight is 253 g/mol. The van der Waals surface area contributed by atoms with Gasteiger partial charge in [-0.05, 0) is 13.8 Å². The van der Waals surface area contributed by atoms with Crippen molar-refractivity contribution in [2.75, 3.05) is 26.2 Å². The second-order valence-electron chi connectivity index (χ2n) is 4.38. The van der Waals surface area contributed by atoms with Gasteiger partial charge < -0.3 is 14.6 Å². The Balaban J connectivity index is 2.01. The van der Waals surface area contributed by atoms with Gasteiger partial charge in [-0.1, -0.05) is 5.16 Å².